The van der Waals surface area contributed by atoms with Crippen LogP contribution >= 0.6 is 11.6 Å². The topological polar surface area (TPSA) is 20.3 Å². The number of carbonyl (C=O) groups is 1. The third kappa shape index (κ3) is 1.33. The molecule has 1 saturated heterocycles. The Morgan fingerprint density at radius 1 is 1.25 bits per heavy atom. The summed E-state index contributed by atoms with van der Waals surface area (Å²) in [5.41, 5.74) is 0.463. The number of nitrogens with zero attached hydrogens (tertiary/aromatic N) is 1. The fourth-order valence-corrected chi connectivity index (χ4v) is 2.76. The van der Waals surface area contributed by atoms with Gasteiger partial charge >= 0.3 is 5.37 Å². The molecule has 68 valence electrons. The maximum Gasteiger partial charge on any atom is 0.316 e. The summed E-state index contributed by atoms with van der Waals surface area (Å²) in [6.07, 6.45) is 6.45. The molecule has 1 spiro atoms. The summed E-state index contributed by atoms with van der Waals surface area (Å²) in [6, 6.07) is 0. The van der Waals surface area contributed by atoms with Crippen molar-refractivity contribution in [3.63, 3.8) is 0 Å². The van der Waals surface area contributed by atoms with E-state index in [9.17, 15) is 4.79 Å². The lowest BCUT2D eigenvalue weighted by Gasteiger charge is -2.22. The molecule has 1 saturated carbocycles. The molecule has 1 heterocycles. The summed E-state index contributed by atoms with van der Waals surface area (Å²) in [5, 5.41) is -0.265. The lowest BCUT2D eigenvalue weighted by atomic mass is 9.86. The summed E-state index contributed by atoms with van der Waals surface area (Å²) in [4.78, 5) is 12.7. The standard InChI is InChI=1S/C9H14ClNO/c10-8(12)11-6-5-9(7-11)3-1-2-4-9/h1-7H2. The summed E-state index contributed by atoms with van der Waals surface area (Å²) in [6.45, 7) is 1.79. The van der Waals surface area contributed by atoms with E-state index in [1.54, 1.807) is 4.90 Å². The molecular weight excluding hydrogens is 174 g/mol. The second kappa shape index (κ2) is 2.91. The van der Waals surface area contributed by atoms with Gasteiger partial charge in [-0.2, -0.15) is 0 Å². The van der Waals surface area contributed by atoms with Crippen LogP contribution in [0.1, 0.15) is 32.1 Å². The molecule has 0 N–H and O–H groups in total. The van der Waals surface area contributed by atoms with Crippen LogP contribution in [-0.2, 0) is 0 Å². The minimum absolute atomic E-state index is 0.265. The fraction of sp³-hybridized carbons (Fsp3) is 0.889. The molecule has 2 nitrogen and oxygen atoms in total. The van der Waals surface area contributed by atoms with Gasteiger partial charge in [-0.3, -0.25) is 4.79 Å². The molecule has 2 rings (SSSR count). The molecule has 1 amide bonds. The Kier molecular flexibility index (Phi) is 2.03. The van der Waals surface area contributed by atoms with Crippen molar-refractivity contribution < 1.29 is 4.79 Å². The van der Waals surface area contributed by atoms with E-state index in [-0.39, 0.29) is 5.37 Å². The van der Waals surface area contributed by atoms with Gasteiger partial charge in [0.05, 0.1) is 0 Å². The van der Waals surface area contributed by atoms with E-state index in [2.05, 4.69) is 0 Å². The van der Waals surface area contributed by atoms with Gasteiger partial charge in [-0.1, -0.05) is 12.8 Å². The van der Waals surface area contributed by atoms with Crippen LogP contribution in [0.5, 0.6) is 0 Å². The molecule has 3 heteroatoms. The Labute approximate surface area is 77.9 Å². The first-order valence-corrected chi connectivity index (χ1v) is 5.04. The van der Waals surface area contributed by atoms with Gasteiger partial charge in [-0.05, 0) is 36.3 Å². The highest BCUT2D eigenvalue weighted by Gasteiger charge is 2.41. The molecule has 0 bridgehead atoms. The van der Waals surface area contributed by atoms with Crippen molar-refractivity contribution in [2.24, 2.45) is 5.41 Å². The molecule has 0 unspecified atom stereocenters. The Morgan fingerprint density at radius 2 is 1.92 bits per heavy atom. The van der Waals surface area contributed by atoms with Gasteiger partial charge in [0.15, 0.2) is 0 Å². The normalized spacial score (nSPS) is 26.9. The van der Waals surface area contributed by atoms with Crippen molar-refractivity contribution >= 4 is 17.0 Å². The minimum Gasteiger partial charge on any atom is -0.329 e. The molecule has 12 heavy (non-hydrogen) atoms. The van der Waals surface area contributed by atoms with Crippen molar-refractivity contribution in [1.82, 2.24) is 4.90 Å². The predicted molar refractivity (Wildman–Crippen MR) is 48.3 cm³/mol. The van der Waals surface area contributed by atoms with E-state index in [1.165, 1.54) is 32.1 Å². The van der Waals surface area contributed by atoms with Gasteiger partial charge < -0.3 is 4.90 Å². The smallest absolute Gasteiger partial charge is 0.316 e. The molecule has 0 radical (unpaired) electrons. The largest absolute Gasteiger partial charge is 0.329 e. The zero-order chi connectivity index (χ0) is 8.60. The molecule has 0 atom stereocenters. The van der Waals surface area contributed by atoms with Gasteiger partial charge in [0, 0.05) is 13.1 Å². The highest BCUT2D eigenvalue weighted by molar-refractivity contribution is 6.62. The number of rotatable bonds is 0. The van der Waals surface area contributed by atoms with Gasteiger partial charge in [0.2, 0.25) is 0 Å². The Morgan fingerprint density at radius 3 is 2.42 bits per heavy atom. The third-order valence-corrected chi connectivity index (χ3v) is 3.59. The van der Waals surface area contributed by atoms with Gasteiger partial charge in [0.25, 0.3) is 0 Å². The monoisotopic (exact) mass is 187 g/mol. The number of carbonyl (C=O) groups excluding carboxylic acids is 1. The average molecular weight is 188 g/mol. The molecule has 2 fully saturated rings. The van der Waals surface area contributed by atoms with Crippen LogP contribution < -0.4 is 0 Å². The SMILES string of the molecule is O=C(Cl)N1CCC2(CCCC2)C1. The van der Waals surface area contributed by atoms with Crippen molar-refractivity contribution in [1.29, 1.82) is 0 Å². The summed E-state index contributed by atoms with van der Waals surface area (Å²) in [5.74, 6) is 0. The molecule has 1 aliphatic carbocycles. The quantitative estimate of drug-likeness (QED) is 0.422. The Bertz CT molecular complexity index is 199. The zero-order valence-corrected chi connectivity index (χ0v) is 7.94. The van der Waals surface area contributed by atoms with Crippen molar-refractivity contribution in [3.05, 3.63) is 0 Å². The van der Waals surface area contributed by atoms with Gasteiger partial charge in [0.1, 0.15) is 0 Å². The van der Waals surface area contributed by atoms with E-state index in [0.717, 1.165) is 13.1 Å². The summed E-state index contributed by atoms with van der Waals surface area (Å²) >= 11 is 5.43. The van der Waals surface area contributed by atoms with Crippen LogP contribution in [0.2, 0.25) is 0 Å². The molecule has 0 aromatic rings. The van der Waals surface area contributed by atoms with Crippen LogP contribution in [0.3, 0.4) is 0 Å². The number of amides is 1. The maximum atomic E-state index is 10.9. The molecule has 0 aromatic heterocycles. The summed E-state index contributed by atoms with van der Waals surface area (Å²) < 4.78 is 0. The van der Waals surface area contributed by atoms with E-state index in [0.29, 0.717) is 5.41 Å². The zero-order valence-electron chi connectivity index (χ0n) is 7.18. The van der Waals surface area contributed by atoms with E-state index in [4.69, 9.17) is 11.6 Å². The van der Waals surface area contributed by atoms with Gasteiger partial charge in [-0.25, -0.2) is 0 Å². The first kappa shape index (κ1) is 8.36. The van der Waals surface area contributed by atoms with Crippen LogP contribution in [0, 0.1) is 5.41 Å². The number of hydrogen-bond donors (Lipinski definition) is 0. The number of hydrogen-bond acceptors (Lipinski definition) is 1. The first-order chi connectivity index (χ1) is 5.72. The Hall–Kier alpha value is -0.240. The molecule has 2 aliphatic rings. The van der Waals surface area contributed by atoms with Crippen molar-refractivity contribution in [3.8, 4) is 0 Å². The van der Waals surface area contributed by atoms with Crippen LogP contribution in [0.25, 0.3) is 0 Å². The van der Waals surface area contributed by atoms with Gasteiger partial charge in [-0.15, -0.1) is 0 Å². The van der Waals surface area contributed by atoms with Crippen molar-refractivity contribution in [2.45, 2.75) is 32.1 Å². The predicted octanol–water partition coefficient (Wildman–Crippen LogP) is 2.61. The van der Waals surface area contributed by atoms with Crippen LogP contribution in [0.15, 0.2) is 0 Å². The van der Waals surface area contributed by atoms with Crippen LogP contribution in [-0.4, -0.2) is 23.4 Å². The average Bonchev–Trinajstić information content (AvgIpc) is 2.62. The number of halogens is 1. The number of likely N-dealkylation sites (tertiary alicyclic amines) is 1. The minimum atomic E-state index is -0.265. The highest BCUT2D eigenvalue weighted by atomic mass is 35.5. The van der Waals surface area contributed by atoms with E-state index in [1.807, 2.05) is 0 Å². The molecule has 0 aromatic carbocycles. The maximum absolute atomic E-state index is 10.9. The lowest BCUT2D eigenvalue weighted by molar-refractivity contribution is 0.222. The fourth-order valence-electron chi connectivity index (χ4n) is 2.62. The van der Waals surface area contributed by atoms with Crippen molar-refractivity contribution in [2.75, 3.05) is 13.1 Å². The highest BCUT2D eigenvalue weighted by Crippen LogP contribution is 2.45. The van der Waals surface area contributed by atoms with Crippen LogP contribution in [0.4, 0.5) is 4.79 Å². The second-order valence-corrected chi connectivity index (χ2v) is 4.45. The van der Waals surface area contributed by atoms with E-state index < -0.39 is 0 Å². The first-order valence-electron chi connectivity index (χ1n) is 4.66. The lowest BCUT2D eigenvalue weighted by Crippen LogP contribution is -2.26. The molecular formula is C9H14ClNO. The van der Waals surface area contributed by atoms with E-state index >= 15 is 0 Å². The Balaban J connectivity index is 2.01. The third-order valence-electron chi connectivity index (χ3n) is 3.35. The summed E-state index contributed by atoms with van der Waals surface area (Å²) in [7, 11) is 0. The molecule has 1 aliphatic heterocycles. The second-order valence-electron chi connectivity index (χ2n) is 4.13.